The van der Waals surface area contributed by atoms with E-state index in [4.69, 9.17) is 0 Å². The fourth-order valence-electron chi connectivity index (χ4n) is 2.52. The molecule has 1 fully saturated rings. The molecule has 1 aromatic rings. The van der Waals surface area contributed by atoms with Crippen LogP contribution in [0.3, 0.4) is 0 Å². The van der Waals surface area contributed by atoms with Crippen molar-refractivity contribution in [2.24, 2.45) is 18.9 Å². The number of hydrogen-bond acceptors (Lipinski definition) is 2. The van der Waals surface area contributed by atoms with E-state index in [9.17, 15) is 0 Å². The third-order valence-corrected chi connectivity index (χ3v) is 3.66. The molecule has 0 saturated heterocycles. The van der Waals surface area contributed by atoms with Gasteiger partial charge in [0.25, 0.3) is 0 Å². The van der Waals surface area contributed by atoms with Crippen LogP contribution in [0.15, 0.2) is 12.4 Å². The van der Waals surface area contributed by atoms with Gasteiger partial charge in [0, 0.05) is 25.4 Å². The molecule has 1 saturated carbocycles. The maximum absolute atomic E-state index is 4.17. The van der Waals surface area contributed by atoms with E-state index in [0.717, 1.165) is 18.4 Å². The Hall–Kier alpha value is -0.830. The summed E-state index contributed by atoms with van der Waals surface area (Å²) in [6.07, 6.45) is 9.66. The molecule has 3 nitrogen and oxygen atoms in total. The number of rotatable bonds is 4. The largest absolute Gasteiger partial charge is 0.312 e. The van der Waals surface area contributed by atoms with Crippen molar-refractivity contribution >= 4 is 0 Å². The molecule has 0 aliphatic heterocycles. The summed E-state index contributed by atoms with van der Waals surface area (Å²) in [6.45, 7) is 4.50. The van der Waals surface area contributed by atoms with Crippen LogP contribution in [0.2, 0.25) is 0 Å². The van der Waals surface area contributed by atoms with E-state index in [1.165, 1.54) is 37.8 Å². The van der Waals surface area contributed by atoms with E-state index >= 15 is 0 Å². The Morgan fingerprint density at radius 1 is 1.38 bits per heavy atom. The Morgan fingerprint density at radius 3 is 2.75 bits per heavy atom. The molecule has 0 bridgehead atoms. The van der Waals surface area contributed by atoms with E-state index in [2.05, 4.69) is 23.5 Å². The first-order valence-electron chi connectivity index (χ1n) is 6.42. The molecule has 1 heterocycles. The predicted molar refractivity (Wildman–Crippen MR) is 66.0 cm³/mol. The first-order chi connectivity index (χ1) is 7.74. The van der Waals surface area contributed by atoms with E-state index in [1.807, 2.05) is 17.9 Å². The Labute approximate surface area is 98.2 Å². The van der Waals surface area contributed by atoms with Gasteiger partial charge in [0.15, 0.2) is 0 Å². The lowest BCUT2D eigenvalue weighted by atomic mass is 9.83. The summed E-state index contributed by atoms with van der Waals surface area (Å²) in [5, 5.41) is 7.71. The molecule has 0 amide bonds. The van der Waals surface area contributed by atoms with Gasteiger partial charge in [0.1, 0.15) is 0 Å². The van der Waals surface area contributed by atoms with Crippen molar-refractivity contribution in [1.29, 1.82) is 0 Å². The summed E-state index contributed by atoms with van der Waals surface area (Å²) in [7, 11) is 1.96. The van der Waals surface area contributed by atoms with Crippen molar-refractivity contribution in [2.45, 2.75) is 39.2 Å². The van der Waals surface area contributed by atoms with Crippen LogP contribution in [0.1, 0.15) is 38.2 Å². The molecule has 1 aromatic heterocycles. The van der Waals surface area contributed by atoms with Crippen molar-refractivity contribution in [3.63, 3.8) is 0 Å². The van der Waals surface area contributed by atoms with Gasteiger partial charge >= 0.3 is 0 Å². The highest BCUT2D eigenvalue weighted by Gasteiger charge is 2.17. The fraction of sp³-hybridized carbons (Fsp3) is 0.769. The predicted octanol–water partition coefficient (Wildman–Crippen LogP) is 2.34. The number of nitrogens with one attached hydrogen (secondary N) is 1. The molecular weight excluding hydrogens is 198 g/mol. The van der Waals surface area contributed by atoms with Crippen LogP contribution < -0.4 is 5.32 Å². The summed E-state index contributed by atoms with van der Waals surface area (Å²) in [4.78, 5) is 0. The normalized spacial score (nSPS) is 25.9. The number of hydrogen-bond donors (Lipinski definition) is 1. The summed E-state index contributed by atoms with van der Waals surface area (Å²) in [6, 6.07) is 0. The third-order valence-electron chi connectivity index (χ3n) is 3.66. The van der Waals surface area contributed by atoms with Gasteiger partial charge in [0.2, 0.25) is 0 Å². The summed E-state index contributed by atoms with van der Waals surface area (Å²) in [5.74, 6) is 1.85. The Morgan fingerprint density at radius 2 is 2.12 bits per heavy atom. The van der Waals surface area contributed by atoms with Crippen molar-refractivity contribution in [1.82, 2.24) is 15.1 Å². The average molecular weight is 221 g/mol. The molecule has 1 N–H and O–H groups in total. The molecule has 0 aromatic carbocycles. The second-order valence-electron chi connectivity index (χ2n) is 5.28. The van der Waals surface area contributed by atoms with Crippen LogP contribution in [-0.4, -0.2) is 16.3 Å². The van der Waals surface area contributed by atoms with Crippen molar-refractivity contribution in [3.8, 4) is 0 Å². The lowest BCUT2D eigenvalue weighted by Crippen LogP contribution is -2.25. The molecule has 90 valence electrons. The zero-order valence-corrected chi connectivity index (χ0v) is 10.4. The van der Waals surface area contributed by atoms with Crippen LogP contribution in [0.25, 0.3) is 0 Å². The van der Waals surface area contributed by atoms with Gasteiger partial charge < -0.3 is 5.32 Å². The molecule has 0 unspecified atom stereocenters. The van der Waals surface area contributed by atoms with Gasteiger partial charge in [-0.15, -0.1) is 0 Å². The second kappa shape index (κ2) is 5.48. The Balaban J connectivity index is 1.64. The second-order valence-corrected chi connectivity index (χ2v) is 5.28. The maximum atomic E-state index is 4.17. The number of aromatic nitrogens is 2. The fourth-order valence-corrected chi connectivity index (χ4v) is 2.52. The zero-order valence-electron chi connectivity index (χ0n) is 10.4. The van der Waals surface area contributed by atoms with E-state index in [-0.39, 0.29) is 0 Å². The first kappa shape index (κ1) is 11.6. The van der Waals surface area contributed by atoms with E-state index in [0.29, 0.717) is 0 Å². The van der Waals surface area contributed by atoms with E-state index in [1.54, 1.807) is 0 Å². The number of aryl methyl sites for hydroxylation is 1. The highest BCUT2D eigenvalue weighted by Crippen LogP contribution is 2.27. The van der Waals surface area contributed by atoms with E-state index < -0.39 is 0 Å². The summed E-state index contributed by atoms with van der Waals surface area (Å²) < 4.78 is 1.86. The molecule has 0 spiro atoms. The monoisotopic (exact) mass is 221 g/mol. The summed E-state index contributed by atoms with van der Waals surface area (Å²) >= 11 is 0. The smallest absolute Gasteiger partial charge is 0.0534 e. The Bertz CT molecular complexity index is 311. The Kier molecular flexibility index (Phi) is 3.99. The van der Waals surface area contributed by atoms with Gasteiger partial charge in [-0.25, -0.2) is 0 Å². The zero-order chi connectivity index (χ0) is 11.4. The minimum absolute atomic E-state index is 0.896. The van der Waals surface area contributed by atoms with Crippen LogP contribution in [-0.2, 0) is 13.6 Å². The van der Waals surface area contributed by atoms with Crippen LogP contribution >= 0.6 is 0 Å². The standard InChI is InChI=1S/C13H23N3/c1-11-3-5-12(6-4-11)7-14-8-13-9-15-16(2)10-13/h9-12,14H,3-8H2,1-2H3. The minimum atomic E-state index is 0.896. The maximum Gasteiger partial charge on any atom is 0.0534 e. The lowest BCUT2D eigenvalue weighted by Gasteiger charge is -2.26. The quantitative estimate of drug-likeness (QED) is 0.845. The highest BCUT2D eigenvalue weighted by molar-refractivity contribution is 5.02. The molecule has 3 heteroatoms. The molecular formula is C13H23N3. The van der Waals surface area contributed by atoms with Gasteiger partial charge in [-0.1, -0.05) is 19.8 Å². The topological polar surface area (TPSA) is 29.9 Å². The van der Waals surface area contributed by atoms with Crippen molar-refractivity contribution in [3.05, 3.63) is 18.0 Å². The minimum Gasteiger partial charge on any atom is -0.312 e. The lowest BCUT2D eigenvalue weighted by molar-refractivity contribution is 0.281. The SMILES string of the molecule is CC1CCC(CNCc2cnn(C)c2)CC1. The molecule has 1 aliphatic rings. The average Bonchev–Trinajstić information content (AvgIpc) is 2.67. The van der Waals surface area contributed by atoms with Crippen LogP contribution in [0.4, 0.5) is 0 Å². The van der Waals surface area contributed by atoms with Crippen LogP contribution in [0, 0.1) is 11.8 Å². The first-order valence-corrected chi connectivity index (χ1v) is 6.42. The highest BCUT2D eigenvalue weighted by atomic mass is 15.2. The van der Waals surface area contributed by atoms with Gasteiger partial charge in [-0.3, -0.25) is 4.68 Å². The number of nitrogens with zero attached hydrogens (tertiary/aromatic N) is 2. The van der Waals surface area contributed by atoms with Gasteiger partial charge in [-0.05, 0) is 31.2 Å². The molecule has 16 heavy (non-hydrogen) atoms. The van der Waals surface area contributed by atoms with Crippen molar-refractivity contribution < 1.29 is 0 Å². The summed E-state index contributed by atoms with van der Waals surface area (Å²) in [5.41, 5.74) is 1.28. The van der Waals surface area contributed by atoms with Gasteiger partial charge in [-0.2, -0.15) is 5.10 Å². The molecule has 0 radical (unpaired) electrons. The third kappa shape index (κ3) is 3.34. The molecule has 2 rings (SSSR count). The molecule has 0 atom stereocenters. The van der Waals surface area contributed by atoms with Gasteiger partial charge in [0.05, 0.1) is 6.20 Å². The molecule has 1 aliphatic carbocycles. The van der Waals surface area contributed by atoms with Crippen molar-refractivity contribution in [2.75, 3.05) is 6.54 Å². The van der Waals surface area contributed by atoms with Crippen LogP contribution in [0.5, 0.6) is 0 Å².